The van der Waals surface area contributed by atoms with E-state index in [2.05, 4.69) is 13.8 Å². The minimum absolute atomic E-state index is 0.0194. The SMILES string of the molecule is CN(C)C(=O)OC[C@@]1(C[C@H]2O[C@@H]2C[C@H]2OC2(C)C)CO1. The van der Waals surface area contributed by atoms with Gasteiger partial charge in [0.05, 0.1) is 30.5 Å². The van der Waals surface area contributed by atoms with E-state index >= 15 is 0 Å². The van der Waals surface area contributed by atoms with Crippen LogP contribution in [0.2, 0.25) is 0 Å². The average Bonchev–Trinajstić information content (AvgIpc) is 3.27. The molecule has 1 amide bonds. The maximum Gasteiger partial charge on any atom is 0.409 e. The lowest BCUT2D eigenvalue weighted by Gasteiger charge is -2.14. The highest BCUT2D eigenvalue weighted by atomic mass is 16.6. The third-order valence-corrected chi connectivity index (χ3v) is 4.25. The van der Waals surface area contributed by atoms with Gasteiger partial charge >= 0.3 is 6.09 Å². The largest absolute Gasteiger partial charge is 0.446 e. The van der Waals surface area contributed by atoms with E-state index in [1.165, 1.54) is 4.90 Å². The molecule has 0 aromatic carbocycles. The van der Waals surface area contributed by atoms with Gasteiger partial charge in [0.15, 0.2) is 0 Å². The molecular weight excluding hydrogens is 262 g/mol. The molecule has 3 saturated heterocycles. The maximum atomic E-state index is 11.4. The standard InChI is InChI=1S/C14H23NO5/c1-13(2)11(20-13)5-9-10(19-9)6-14(8-18-14)7-17-12(16)15(3)4/h9-11H,5-8H2,1-4H3/t9-,10-,11-,14+/m1/s1. The summed E-state index contributed by atoms with van der Waals surface area (Å²) < 4.78 is 21.9. The van der Waals surface area contributed by atoms with Gasteiger partial charge in [-0.1, -0.05) is 0 Å². The van der Waals surface area contributed by atoms with Crippen LogP contribution in [-0.4, -0.2) is 67.8 Å². The molecule has 6 heteroatoms. The zero-order valence-corrected chi connectivity index (χ0v) is 12.5. The quantitative estimate of drug-likeness (QED) is 0.686. The van der Waals surface area contributed by atoms with Gasteiger partial charge in [-0.05, 0) is 13.8 Å². The Bertz CT molecular complexity index is 404. The third kappa shape index (κ3) is 3.07. The minimum Gasteiger partial charge on any atom is -0.446 e. The van der Waals surface area contributed by atoms with Crippen LogP contribution in [0, 0.1) is 0 Å². The van der Waals surface area contributed by atoms with E-state index < -0.39 is 0 Å². The minimum atomic E-state index is -0.332. The Morgan fingerprint density at radius 2 is 2.00 bits per heavy atom. The molecule has 0 aromatic rings. The summed E-state index contributed by atoms with van der Waals surface area (Å²) >= 11 is 0. The first-order chi connectivity index (χ1) is 9.31. The van der Waals surface area contributed by atoms with Gasteiger partial charge in [-0.2, -0.15) is 0 Å². The normalized spacial score (nSPS) is 40.1. The first-order valence-corrected chi connectivity index (χ1v) is 7.13. The van der Waals surface area contributed by atoms with Crippen molar-refractivity contribution >= 4 is 6.09 Å². The highest BCUT2D eigenvalue weighted by Crippen LogP contribution is 2.46. The molecule has 3 heterocycles. The number of epoxide rings is 3. The van der Waals surface area contributed by atoms with E-state index in [1.54, 1.807) is 14.1 Å². The fraction of sp³-hybridized carbons (Fsp3) is 0.929. The molecule has 114 valence electrons. The molecule has 3 aliphatic rings. The highest BCUT2D eigenvalue weighted by molar-refractivity contribution is 5.66. The molecule has 6 nitrogen and oxygen atoms in total. The summed E-state index contributed by atoms with van der Waals surface area (Å²) in [5, 5.41) is 0. The van der Waals surface area contributed by atoms with Crippen molar-refractivity contribution in [2.24, 2.45) is 0 Å². The van der Waals surface area contributed by atoms with E-state index in [0.717, 1.165) is 12.8 Å². The first-order valence-electron chi connectivity index (χ1n) is 7.13. The molecular formula is C14H23NO5. The smallest absolute Gasteiger partial charge is 0.409 e. The van der Waals surface area contributed by atoms with Gasteiger partial charge in [-0.3, -0.25) is 0 Å². The molecule has 3 fully saturated rings. The second-order valence-electron chi connectivity index (χ2n) is 6.78. The number of hydrogen-bond acceptors (Lipinski definition) is 5. The summed E-state index contributed by atoms with van der Waals surface area (Å²) in [5.74, 6) is 0. The van der Waals surface area contributed by atoms with Crippen molar-refractivity contribution in [1.29, 1.82) is 0 Å². The van der Waals surface area contributed by atoms with E-state index in [1.807, 2.05) is 0 Å². The lowest BCUT2D eigenvalue weighted by Crippen LogP contribution is -2.29. The highest BCUT2D eigenvalue weighted by Gasteiger charge is 2.57. The fourth-order valence-corrected chi connectivity index (χ4v) is 2.49. The Kier molecular flexibility index (Phi) is 3.23. The van der Waals surface area contributed by atoms with Crippen LogP contribution >= 0.6 is 0 Å². The molecule has 0 saturated carbocycles. The van der Waals surface area contributed by atoms with Gasteiger partial charge in [-0.15, -0.1) is 0 Å². The molecule has 0 spiro atoms. The molecule has 3 aliphatic heterocycles. The van der Waals surface area contributed by atoms with Gasteiger partial charge in [0.25, 0.3) is 0 Å². The number of rotatable bonds is 6. The second-order valence-corrected chi connectivity index (χ2v) is 6.78. The van der Waals surface area contributed by atoms with E-state index in [9.17, 15) is 4.79 Å². The van der Waals surface area contributed by atoms with E-state index in [-0.39, 0.29) is 29.5 Å². The van der Waals surface area contributed by atoms with Crippen LogP contribution in [0.5, 0.6) is 0 Å². The Balaban J connectivity index is 1.38. The van der Waals surface area contributed by atoms with Crippen molar-refractivity contribution in [2.75, 3.05) is 27.3 Å². The summed E-state index contributed by atoms with van der Waals surface area (Å²) in [6.07, 6.45) is 2.22. The topological polar surface area (TPSA) is 67.1 Å². The van der Waals surface area contributed by atoms with E-state index in [4.69, 9.17) is 18.9 Å². The zero-order valence-electron chi connectivity index (χ0n) is 12.5. The number of nitrogens with zero attached hydrogens (tertiary/aromatic N) is 1. The van der Waals surface area contributed by atoms with Crippen LogP contribution in [0.15, 0.2) is 0 Å². The summed E-state index contributed by atoms with van der Waals surface area (Å²) in [4.78, 5) is 12.8. The summed E-state index contributed by atoms with van der Waals surface area (Å²) in [6, 6.07) is 0. The number of carbonyl (C=O) groups is 1. The van der Waals surface area contributed by atoms with Gasteiger partial charge < -0.3 is 23.8 Å². The molecule has 0 bridgehead atoms. The van der Waals surface area contributed by atoms with Crippen LogP contribution in [0.4, 0.5) is 4.79 Å². The van der Waals surface area contributed by atoms with Crippen LogP contribution in [0.1, 0.15) is 26.7 Å². The van der Waals surface area contributed by atoms with Crippen molar-refractivity contribution in [3.63, 3.8) is 0 Å². The lowest BCUT2D eigenvalue weighted by atomic mass is 10.00. The van der Waals surface area contributed by atoms with Crippen LogP contribution in [0.25, 0.3) is 0 Å². The van der Waals surface area contributed by atoms with Crippen molar-refractivity contribution in [1.82, 2.24) is 4.90 Å². The van der Waals surface area contributed by atoms with Crippen molar-refractivity contribution in [2.45, 2.75) is 56.2 Å². The molecule has 20 heavy (non-hydrogen) atoms. The Labute approximate surface area is 119 Å². The van der Waals surface area contributed by atoms with Crippen molar-refractivity contribution < 1.29 is 23.7 Å². The number of ether oxygens (including phenoxy) is 4. The van der Waals surface area contributed by atoms with Crippen LogP contribution in [-0.2, 0) is 18.9 Å². The second kappa shape index (κ2) is 4.58. The molecule has 4 atom stereocenters. The van der Waals surface area contributed by atoms with E-state index in [0.29, 0.717) is 19.3 Å². The fourth-order valence-electron chi connectivity index (χ4n) is 2.49. The predicted octanol–water partition coefficient (Wildman–Crippen LogP) is 1.18. The molecule has 0 unspecified atom stereocenters. The van der Waals surface area contributed by atoms with Crippen molar-refractivity contribution in [3.8, 4) is 0 Å². The molecule has 0 N–H and O–H groups in total. The monoisotopic (exact) mass is 285 g/mol. The molecule has 0 aromatic heterocycles. The maximum absolute atomic E-state index is 11.4. The van der Waals surface area contributed by atoms with Crippen LogP contribution < -0.4 is 0 Å². The third-order valence-electron chi connectivity index (χ3n) is 4.25. The molecule has 0 radical (unpaired) electrons. The first kappa shape index (κ1) is 14.1. The van der Waals surface area contributed by atoms with Crippen LogP contribution in [0.3, 0.4) is 0 Å². The molecule has 0 aliphatic carbocycles. The zero-order chi connectivity index (χ0) is 14.5. The number of amides is 1. The number of hydrogen-bond donors (Lipinski definition) is 0. The van der Waals surface area contributed by atoms with Gasteiger partial charge in [-0.25, -0.2) is 4.79 Å². The summed E-state index contributed by atoms with van der Waals surface area (Å²) in [7, 11) is 3.33. The summed E-state index contributed by atoms with van der Waals surface area (Å²) in [5.41, 5.74) is -0.295. The Morgan fingerprint density at radius 3 is 2.50 bits per heavy atom. The molecule has 3 rings (SSSR count). The lowest BCUT2D eigenvalue weighted by molar-refractivity contribution is 0.0832. The van der Waals surface area contributed by atoms with Gasteiger partial charge in [0.2, 0.25) is 0 Å². The summed E-state index contributed by atoms with van der Waals surface area (Å²) in [6.45, 7) is 5.15. The average molecular weight is 285 g/mol. The Hall–Kier alpha value is -0.850. The number of carbonyl (C=O) groups excluding carboxylic acids is 1. The van der Waals surface area contributed by atoms with Crippen molar-refractivity contribution in [3.05, 3.63) is 0 Å². The Morgan fingerprint density at radius 1 is 1.35 bits per heavy atom. The van der Waals surface area contributed by atoms with Gasteiger partial charge in [0, 0.05) is 26.9 Å². The predicted molar refractivity (Wildman–Crippen MR) is 70.6 cm³/mol. The van der Waals surface area contributed by atoms with Gasteiger partial charge in [0.1, 0.15) is 12.2 Å².